The average molecular weight is 337 g/mol. The van der Waals surface area contributed by atoms with Gasteiger partial charge >= 0.3 is 11.9 Å². The van der Waals surface area contributed by atoms with Crippen LogP contribution in [-0.2, 0) is 19.1 Å². The van der Waals surface area contributed by atoms with Gasteiger partial charge in [0.25, 0.3) is 0 Å². The molecule has 0 amide bonds. The number of carboxylic acid groups (broad SMARTS) is 1. The summed E-state index contributed by atoms with van der Waals surface area (Å²) in [5, 5.41) is 8.94. The fraction of sp³-hybridized carbons (Fsp3) is 0.778. The predicted molar refractivity (Wildman–Crippen MR) is 87.5 cm³/mol. The van der Waals surface area contributed by atoms with Crippen LogP contribution in [0.1, 0.15) is 39.5 Å². The Morgan fingerprint density at radius 3 is 2.96 bits per heavy atom. The van der Waals surface area contributed by atoms with E-state index in [1.807, 2.05) is 0 Å². The third-order valence-corrected chi connectivity index (χ3v) is 5.65. The minimum Gasteiger partial charge on any atom is -0.480 e. The molecule has 2 fully saturated rings. The third kappa shape index (κ3) is 3.49. The molecule has 2 saturated heterocycles. The number of carbonyl (C=O) groups is 2. The maximum atomic E-state index is 12.4. The first-order valence-electron chi connectivity index (χ1n) is 8.74. The number of allylic oxidation sites excluding steroid dienone is 2. The largest absolute Gasteiger partial charge is 0.480 e. The zero-order valence-electron chi connectivity index (χ0n) is 14.7. The molecule has 6 heteroatoms. The number of aliphatic carboxylic acids is 1. The van der Waals surface area contributed by atoms with Crippen molar-refractivity contribution in [2.75, 3.05) is 20.1 Å². The fourth-order valence-electron chi connectivity index (χ4n) is 4.18. The molecule has 0 aromatic carbocycles. The molecular weight excluding hydrogens is 310 g/mol. The van der Waals surface area contributed by atoms with Crippen molar-refractivity contribution in [1.29, 1.82) is 0 Å². The van der Waals surface area contributed by atoms with E-state index in [0.717, 1.165) is 25.7 Å². The SMILES string of the molecule is C/C1=C\CC[C@@]2(C)O[C@H]2[C@H]2OC(=O)[C@@H](CN(C)CC(=O)O)[C@@H]2CC1. The lowest BCUT2D eigenvalue weighted by Gasteiger charge is -2.24. The van der Waals surface area contributed by atoms with Gasteiger partial charge in [0.15, 0.2) is 0 Å². The topological polar surface area (TPSA) is 79.4 Å². The molecule has 3 aliphatic rings. The standard InChI is InChI=1S/C18H27NO5/c1-11-5-4-8-18(2)16(24-18)15-12(7-6-11)13(17(22)23-15)9-19(3)10-14(20)21/h5,12-13,15-16H,4,6-10H2,1-3H3,(H,20,21)/b11-5+/t12-,13-,15-,16-,18+/m0/s1. The van der Waals surface area contributed by atoms with Gasteiger partial charge in [0.1, 0.15) is 12.2 Å². The van der Waals surface area contributed by atoms with E-state index in [0.29, 0.717) is 6.54 Å². The van der Waals surface area contributed by atoms with Crippen molar-refractivity contribution >= 4 is 11.9 Å². The Morgan fingerprint density at radius 1 is 1.50 bits per heavy atom. The molecule has 1 N–H and O–H groups in total. The highest BCUT2D eigenvalue weighted by Gasteiger charge is 2.62. The van der Waals surface area contributed by atoms with Crippen LogP contribution in [-0.4, -0.2) is 59.9 Å². The van der Waals surface area contributed by atoms with Gasteiger partial charge in [0, 0.05) is 12.5 Å². The van der Waals surface area contributed by atoms with Crippen LogP contribution in [0.4, 0.5) is 0 Å². The minimum absolute atomic E-state index is 0.0203. The Morgan fingerprint density at radius 2 is 2.25 bits per heavy atom. The number of ether oxygens (including phenoxy) is 2. The molecule has 5 atom stereocenters. The number of nitrogens with zero attached hydrogens (tertiary/aromatic N) is 1. The highest BCUT2D eigenvalue weighted by Crippen LogP contribution is 2.50. The van der Waals surface area contributed by atoms with E-state index in [2.05, 4.69) is 19.9 Å². The third-order valence-electron chi connectivity index (χ3n) is 5.65. The van der Waals surface area contributed by atoms with Gasteiger partial charge in [-0.05, 0) is 46.6 Å². The number of hydrogen-bond donors (Lipinski definition) is 1. The second-order valence-electron chi connectivity index (χ2n) is 7.74. The normalized spacial score (nSPS) is 41.0. The zero-order chi connectivity index (χ0) is 17.5. The van der Waals surface area contributed by atoms with Crippen molar-refractivity contribution in [2.24, 2.45) is 11.8 Å². The van der Waals surface area contributed by atoms with Gasteiger partial charge < -0.3 is 14.6 Å². The fourth-order valence-corrected chi connectivity index (χ4v) is 4.18. The van der Waals surface area contributed by atoms with E-state index in [9.17, 15) is 9.59 Å². The van der Waals surface area contributed by atoms with Crippen molar-refractivity contribution in [1.82, 2.24) is 4.90 Å². The Labute approximate surface area is 142 Å². The molecule has 6 nitrogen and oxygen atoms in total. The lowest BCUT2D eigenvalue weighted by Crippen LogP contribution is -2.37. The Bertz CT molecular complexity index is 560. The van der Waals surface area contributed by atoms with Gasteiger partial charge in [0.2, 0.25) is 0 Å². The first-order valence-corrected chi connectivity index (χ1v) is 8.74. The number of hydrogen-bond acceptors (Lipinski definition) is 5. The van der Waals surface area contributed by atoms with Crippen molar-refractivity contribution in [3.63, 3.8) is 0 Å². The van der Waals surface area contributed by atoms with Crippen LogP contribution in [0.2, 0.25) is 0 Å². The summed E-state index contributed by atoms with van der Waals surface area (Å²) in [5.74, 6) is -1.29. The number of carboxylic acids is 1. The van der Waals surface area contributed by atoms with Gasteiger partial charge in [-0.3, -0.25) is 14.5 Å². The van der Waals surface area contributed by atoms with E-state index in [1.165, 1.54) is 5.57 Å². The van der Waals surface area contributed by atoms with Gasteiger partial charge in [-0.1, -0.05) is 11.6 Å². The monoisotopic (exact) mass is 337 g/mol. The molecule has 0 radical (unpaired) electrons. The summed E-state index contributed by atoms with van der Waals surface area (Å²) >= 11 is 0. The second kappa shape index (κ2) is 6.48. The summed E-state index contributed by atoms with van der Waals surface area (Å²) in [5.41, 5.74) is 1.15. The number of esters is 1. The second-order valence-corrected chi connectivity index (χ2v) is 7.74. The maximum Gasteiger partial charge on any atom is 0.317 e. The lowest BCUT2D eigenvalue weighted by atomic mass is 9.80. The first-order chi connectivity index (χ1) is 11.3. The van der Waals surface area contributed by atoms with Crippen molar-refractivity contribution in [3.8, 4) is 0 Å². The van der Waals surface area contributed by atoms with Crippen LogP contribution in [0.5, 0.6) is 0 Å². The Hall–Kier alpha value is -1.40. The minimum atomic E-state index is -0.886. The lowest BCUT2D eigenvalue weighted by molar-refractivity contribution is -0.146. The summed E-state index contributed by atoms with van der Waals surface area (Å²) in [6.45, 7) is 4.57. The first kappa shape index (κ1) is 17.4. The van der Waals surface area contributed by atoms with Crippen LogP contribution < -0.4 is 0 Å². The van der Waals surface area contributed by atoms with Crippen molar-refractivity contribution in [3.05, 3.63) is 11.6 Å². The van der Waals surface area contributed by atoms with Crippen LogP contribution >= 0.6 is 0 Å². The number of epoxide rings is 1. The molecular formula is C18H27NO5. The van der Waals surface area contributed by atoms with Gasteiger partial charge in [-0.15, -0.1) is 0 Å². The molecule has 0 bridgehead atoms. The summed E-state index contributed by atoms with van der Waals surface area (Å²) in [6, 6.07) is 0. The van der Waals surface area contributed by atoms with Crippen LogP contribution in [0, 0.1) is 11.8 Å². The molecule has 24 heavy (non-hydrogen) atoms. The van der Waals surface area contributed by atoms with E-state index in [4.69, 9.17) is 14.6 Å². The molecule has 2 aliphatic heterocycles. The number of likely N-dealkylation sites (N-methyl/N-ethyl adjacent to an activating group) is 1. The smallest absolute Gasteiger partial charge is 0.317 e. The molecule has 2 heterocycles. The van der Waals surface area contributed by atoms with Gasteiger partial charge in [-0.2, -0.15) is 0 Å². The van der Waals surface area contributed by atoms with Crippen LogP contribution in [0.3, 0.4) is 0 Å². The van der Waals surface area contributed by atoms with E-state index >= 15 is 0 Å². The molecule has 0 unspecified atom stereocenters. The molecule has 0 aromatic rings. The Balaban J connectivity index is 1.77. The highest BCUT2D eigenvalue weighted by molar-refractivity contribution is 5.76. The quantitative estimate of drug-likeness (QED) is 0.479. The van der Waals surface area contributed by atoms with Crippen LogP contribution in [0.25, 0.3) is 0 Å². The molecule has 0 spiro atoms. The van der Waals surface area contributed by atoms with E-state index in [1.54, 1.807) is 11.9 Å². The van der Waals surface area contributed by atoms with E-state index in [-0.39, 0.29) is 42.2 Å². The summed E-state index contributed by atoms with van der Waals surface area (Å²) in [7, 11) is 1.73. The molecule has 1 aliphatic carbocycles. The van der Waals surface area contributed by atoms with Crippen LogP contribution in [0.15, 0.2) is 11.6 Å². The highest BCUT2D eigenvalue weighted by atomic mass is 16.6. The molecule has 0 aromatic heterocycles. The maximum absolute atomic E-state index is 12.4. The average Bonchev–Trinajstić information content (AvgIpc) is 3.05. The van der Waals surface area contributed by atoms with Crippen molar-refractivity contribution < 1.29 is 24.2 Å². The summed E-state index contributed by atoms with van der Waals surface area (Å²) in [6.07, 6.45) is 5.81. The number of carbonyl (C=O) groups excluding carboxylic acids is 1. The number of rotatable bonds is 4. The zero-order valence-corrected chi connectivity index (χ0v) is 14.7. The molecule has 3 rings (SSSR count). The van der Waals surface area contributed by atoms with Crippen molar-refractivity contribution in [2.45, 2.75) is 57.3 Å². The predicted octanol–water partition coefficient (Wildman–Crippen LogP) is 1.84. The number of fused-ring (bicyclic) bond motifs is 3. The summed E-state index contributed by atoms with van der Waals surface area (Å²) < 4.78 is 11.7. The molecule has 0 saturated carbocycles. The van der Waals surface area contributed by atoms with Gasteiger partial charge in [-0.25, -0.2) is 0 Å². The Kier molecular flexibility index (Phi) is 4.71. The van der Waals surface area contributed by atoms with E-state index < -0.39 is 5.97 Å². The molecule has 134 valence electrons. The van der Waals surface area contributed by atoms with Gasteiger partial charge in [0.05, 0.1) is 18.1 Å². The summed E-state index contributed by atoms with van der Waals surface area (Å²) in [4.78, 5) is 25.0.